The Hall–Kier alpha value is -1.91. The topological polar surface area (TPSA) is 76.0 Å². The maximum absolute atomic E-state index is 11.5. The van der Waals surface area contributed by atoms with Gasteiger partial charge in [0.05, 0.1) is 7.11 Å². The zero-order valence-electron chi connectivity index (χ0n) is 18.5. The lowest BCUT2D eigenvalue weighted by Crippen LogP contribution is -2.19. The van der Waals surface area contributed by atoms with E-state index in [2.05, 4.69) is 6.92 Å². The molecule has 0 radical (unpaired) electrons. The van der Waals surface area contributed by atoms with Crippen molar-refractivity contribution in [1.29, 1.82) is 0 Å². The monoisotopic (exact) mass is 408 g/mol. The first-order chi connectivity index (χ1) is 14.0. The first-order valence-corrected chi connectivity index (χ1v) is 11.2. The van der Waals surface area contributed by atoms with E-state index in [1.54, 1.807) is 0 Å². The molecule has 0 fully saturated rings. The SMILES string of the molecule is CCCCCCCCCCCCCC(Cc1cc(O)cc(OC)c1O)OC(C)=O. The normalized spacial score (nSPS) is 12.0. The molecule has 0 bridgehead atoms. The summed E-state index contributed by atoms with van der Waals surface area (Å²) in [7, 11) is 1.44. The number of carbonyl (C=O) groups excluding carboxylic acids is 1. The number of benzene rings is 1. The zero-order chi connectivity index (χ0) is 21.5. The minimum absolute atomic E-state index is 0.0126. The molecule has 0 aliphatic heterocycles. The van der Waals surface area contributed by atoms with Crippen molar-refractivity contribution in [1.82, 2.24) is 0 Å². The molecule has 1 unspecified atom stereocenters. The molecule has 0 aliphatic rings. The van der Waals surface area contributed by atoms with Crippen LogP contribution in [0, 0.1) is 0 Å². The summed E-state index contributed by atoms with van der Waals surface area (Å²) < 4.78 is 10.5. The van der Waals surface area contributed by atoms with Gasteiger partial charge in [0.25, 0.3) is 0 Å². The number of carbonyl (C=O) groups is 1. The third-order valence-corrected chi connectivity index (χ3v) is 5.27. The second-order valence-electron chi connectivity index (χ2n) is 7.92. The molecule has 0 heterocycles. The van der Waals surface area contributed by atoms with Crippen molar-refractivity contribution in [2.24, 2.45) is 0 Å². The highest BCUT2D eigenvalue weighted by Gasteiger charge is 2.18. The van der Waals surface area contributed by atoms with Crippen molar-refractivity contribution in [2.45, 2.75) is 103 Å². The molecule has 5 nitrogen and oxygen atoms in total. The van der Waals surface area contributed by atoms with Gasteiger partial charge in [0, 0.05) is 25.0 Å². The Morgan fingerprint density at radius 1 is 0.931 bits per heavy atom. The van der Waals surface area contributed by atoms with Gasteiger partial charge in [0.1, 0.15) is 11.9 Å². The number of ether oxygens (including phenoxy) is 2. The molecule has 1 aromatic carbocycles. The molecule has 0 amide bonds. The summed E-state index contributed by atoms with van der Waals surface area (Å²) in [6.07, 6.45) is 14.7. The lowest BCUT2D eigenvalue weighted by atomic mass is 10.00. The third kappa shape index (κ3) is 11.0. The average Bonchev–Trinajstić information content (AvgIpc) is 2.68. The van der Waals surface area contributed by atoms with E-state index >= 15 is 0 Å². The Labute approximate surface area is 176 Å². The number of hydrogen-bond acceptors (Lipinski definition) is 5. The van der Waals surface area contributed by atoms with Gasteiger partial charge < -0.3 is 19.7 Å². The summed E-state index contributed by atoms with van der Waals surface area (Å²) in [6, 6.07) is 2.86. The van der Waals surface area contributed by atoms with Crippen LogP contribution in [0.25, 0.3) is 0 Å². The molecule has 1 aromatic rings. The van der Waals surface area contributed by atoms with E-state index in [9.17, 15) is 15.0 Å². The first-order valence-electron chi connectivity index (χ1n) is 11.2. The Balaban J connectivity index is 2.34. The fourth-order valence-corrected chi connectivity index (χ4v) is 3.68. The van der Waals surface area contributed by atoms with Crippen LogP contribution in [-0.4, -0.2) is 29.4 Å². The average molecular weight is 409 g/mol. The number of rotatable bonds is 16. The standard InChI is InChI=1S/C24H40O5/c1-4-5-6-7-8-9-10-11-12-13-14-15-22(29-19(2)25)17-20-16-21(26)18-23(28-3)24(20)27/h16,18,22,26-27H,4-15,17H2,1-3H3. The highest BCUT2D eigenvalue weighted by molar-refractivity contribution is 5.66. The second-order valence-corrected chi connectivity index (χ2v) is 7.92. The third-order valence-electron chi connectivity index (χ3n) is 5.27. The summed E-state index contributed by atoms with van der Waals surface area (Å²) in [5, 5.41) is 20.1. The van der Waals surface area contributed by atoms with Gasteiger partial charge in [-0.05, 0) is 18.9 Å². The minimum atomic E-state index is -0.329. The number of aromatic hydroxyl groups is 2. The smallest absolute Gasteiger partial charge is 0.302 e. The van der Waals surface area contributed by atoms with Gasteiger partial charge in [0.2, 0.25) is 0 Å². The summed E-state index contributed by atoms with van der Waals surface area (Å²) in [5.41, 5.74) is 0.524. The van der Waals surface area contributed by atoms with E-state index in [0.29, 0.717) is 12.0 Å². The van der Waals surface area contributed by atoms with Gasteiger partial charge in [0.15, 0.2) is 11.5 Å². The summed E-state index contributed by atoms with van der Waals surface area (Å²) in [4.78, 5) is 11.5. The predicted molar refractivity (Wildman–Crippen MR) is 117 cm³/mol. The highest BCUT2D eigenvalue weighted by atomic mass is 16.5. The van der Waals surface area contributed by atoms with Gasteiger partial charge in [-0.3, -0.25) is 4.79 Å². The van der Waals surface area contributed by atoms with E-state index < -0.39 is 0 Å². The fraction of sp³-hybridized carbons (Fsp3) is 0.708. The van der Waals surface area contributed by atoms with Crippen LogP contribution in [0.5, 0.6) is 17.2 Å². The number of unbranched alkanes of at least 4 members (excludes halogenated alkanes) is 10. The number of phenols is 2. The second kappa shape index (κ2) is 15.0. The summed E-state index contributed by atoms with van der Waals surface area (Å²) in [6.45, 7) is 3.64. The van der Waals surface area contributed by atoms with Crippen molar-refractivity contribution < 1.29 is 24.5 Å². The van der Waals surface area contributed by atoms with Crippen LogP contribution in [-0.2, 0) is 16.0 Å². The lowest BCUT2D eigenvalue weighted by molar-refractivity contribution is -0.146. The van der Waals surface area contributed by atoms with Crippen LogP contribution >= 0.6 is 0 Å². The Morgan fingerprint density at radius 3 is 2.00 bits per heavy atom. The van der Waals surface area contributed by atoms with Gasteiger partial charge in [-0.15, -0.1) is 0 Å². The number of esters is 1. The van der Waals surface area contributed by atoms with Crippen LogP contribution < -0.4 is 4.74 Å². The maximum atomic E-state index is 11.5. The molecule has 2 N–H and O–H groups in total. The van der Waals surface area contributed by atoms with Crippen LogP contribution in [0.1, 0.15) is 96.5 Å². The molecule has 0 aliphatic carbocycles. The Kier molecular flexibility index (Phi) is 13.0. The maximum Gasteiger partial charge on any atom is 0.302 e. The summed E-state index contributed by atoms with van der Waals surface area (Å²) >= 11 is 0. The Morgan fingerprint density at radius 2 is 1.48 bits per heavy atom. The van der Waals surface area contributed by atoms with Crippen molar-refractivity contribution in [3.63, 3.8) is 0 Å². The van der Waals surface area contributed by atoms with E-state index in [1.165, 1.54) is 84.0 Å². The molecule has 29 heavy (non-hydrogen) atoms. The molecule has 0 aromatic heterocycles. The largest absolute Gasteiger partial charge is 0.508 e. The molecule has 166 valence electrons. The Bertz CT molecular complexity index is 585. The van der Waals surface area contributed by atoms with Crippen LogP contribution in [0.15, 0.2) is 12.1 Å². The van der Waals surface area contributed by atoms with Gasteiger partial charge in [-0.2, -0.15) is 0 Å². The number of methoxy groups -OCH3 is 1. The molecule has 0 saturated heterocycles. The van der Waals surface area contributed by atoms with E-state index in [0.717, 1.165) is 19.3 Å². The van der Waals surface area contributed by atoms with Crippen molar-refractivity contribution >= 4 is 5.97 Å². The fourth-order valence-electron chi connectivity index (χ4n) is 3.68. The molecule has 1 rings (SSSR count). The molecule has 0 spiro atoms. The molecule has 0 saturated carbocycles. The van der Waals surface area contributed by atoms with E-state index in [4.69, 9.17) is 9.47 Å². The lowest BCUT2D eigenvalue weighted by Gasteiger charge is -2.18. The van der Waals surface area contributed by atoms with Gasteiger partial charge in [-0.1, -0.05) is 71.1 Å². The number of phenolic OH excluding ortho intramolecular Hbond substituents is 2. The van der Waals surface area contributed by atoms with Gasteiger partial charge >= 0.3 is 5.97 Å². The van der Waals surface area contributed by atoms with Crippen molar-refractivity contribution in [3.8, 4) is 17.2 Å². The number of hydrogen-bond donors (Lipinski definition) is 2. The van der Waals surface area contributed by atoms with Crippen LogP contribution in [0.4, 0.5) is 0 Å². The zero-order valence-corrected chi connectivity index (χ0v) is 18.5. The minimum Gasteiger partial charge on any atom is -0.508 e. The molecular formula is C24H40O5. The molecule has 5 heteroatoms. The molecular weight excluding hydrogens is 368 g/mol. The predicted octanol–water partition coefficient (Wildman–Crippen LogP) is 6.28. The quantitative estimate of drug-likeness (QED) is 0.191. The first kappa shape index (κ1) is 25.1. The van der Waals surface area contributed by atoms with E-state index in [1.807, 2.05) is 0 Å². The van der Waals surface area contributed by atoms with Crippen LogP contribution in [0.2, 0.25) is 0 Å². The highest BCUT2D eigenvalue weighted by Crippen LogP contribution is 2.35. The molecule has 1 atom stereocenters. The van der Waals surface area contributed by atoms with Crippen LogP contribution in [0.3, 0.4) is 0 Å². The van der Waals surface area contributed by atoms with Gasteiger partial charge in [-0.25, -0.2) is 0 Å². The van der Waals surface area contributed by atoms with Crippen molar-refractivity contribution in [3.05, 3.63) is 17.7 Å². The summed E-state index contributed by atoms with van der Waals surface area (Å²) in [5.74, 6) is -0.103. The van der Waals surface area contributed by atoms with E-state index in [-0.39, 0.29) is 29.3 Å². The van der Waals surface area contributed by atoms with Crippen molar-refractivity contribution in [2.75, 3.05) is 7.11 Å².